The van der Waals surface area contributed by atoms with E-state index in [1.54, 1.807) is 6.20 Å². The van der Waals surface area contributed by atoms with E-state index in [0.29, 0.717) is 23.6 Å². The van der Waals surface area contributed by atoms with Crippen LogP contribution >= 0.6 is 11.6 Å². The number of ketones is 1. The highest BCUT2D eigenvalue weighted by Crippen LogP contribution is 2.51. The zero-order valence-electron chi connectivity index (χ0n) is 12.5. The molecule has 0 atom stereocenters. The summed E-state index contributed by atoms with van der Waals surface area (Å²) in [7, 11) is 0. The molecule has 0 bridgehead atoms. The fourth-order valence-electron chi connectivity index (χ4n) is 3.65. The van der Waals surface area contributed by atoms with E-state index in [-0.39, 0.29) is 5.41 Å². The molecule has 4 heteroatoms. The van der Waals surface area contributed by atoms with Crippen LogP contribution in [0.15, 0.2) is 36.5 Å². The Balaban J connectivity index is 1.68. The first-order valence-electron chi connectivity index (χ1n) is 7.54. The maximum Gasteiger partial charge on any atom is 0.134 e. The molecular weight excluding hydrogens is 296 g/mol. The molecule has 1 aliphatic carbocycles. The van der Waals surface area contributed by atoms with Gasteiger partial charge in [0.05, 0.1) is 5.02 Å². The summed E-state index contributed by atoms with van der Waals surface area (Å²) in [6, 6.07) is 10.6. The zero-order valence-corrected chi connectivity index (χ0v) is 13.2. The molecule has 1 saturated carbocycles. The molecule has 4 rings (SSSR count). The fraction of sp³-hybridized carbons (Fsp3) is 0.333. The average molecular weight is 313 g/mol. The molecule has 2 aromatic rings. The monoisotopic (exact) mass is 312 g/mol. The molecule has 0 saturated heterocycles. The summed E-state index contributed by atoms with van der Waals surface area (Å²) in [6.45, 7) is 3.76. The van der Waals surface area contributed by atoms with Crippen molar-refractivity contribution in [2.75, 3.05) is 11.4 Å². The van der Waals surface area contributed by atoms with E-state index < -0.39 is 0 Å². The SMILES string of the molecule is Cc1ccc(CN2CC3(CC(=O)C3)c3cc(Cl)cnc32)cc1. The standard InChI is InChI=1S/C18H17ClN2O/c1-12-2-4-13(5-3-12)10-21-11-18(7-15(22)8-18)16-6-14(19)9-20-17(16)21/h2-6,9H,7-8,10-11H2,1H3. The van der Waals surface area contributed by atoms with Gasteiger partial charge in [-0.25, -0.2) is 4.98 Å². The third kappa shape index (κ3) is 2.12. The number of halogens is 1. The van der Waals surface area contributed by atoms with Gasteiger partial charge in [0.1, 0.15) is 11.6 Å². The molecule has 0 radical (unpaired) electrons. The molecule has 1 aromatic carbocycles. The summed E-state index contributed by atoms with van der Waals surface area (Å²) >= 11 is 6.13. The van der Waals surface area contributed by atoms with Gasteiger partial charge in [-0.3, -0.25) is 4.79 Å². The van der Waals surface area contributed by atoms with Crippen molar-refractivity contribution in [3.05, 3.63) is 58.2 Å². The molecule has 1 aromatic heterocycles. The van der Waals surface area contributed by atoms with E-state index in [9.17, 15) is 4.79 Å². The molecule has 1 spiro atoms. The van der Waals surface area contributed by atoms with Crippen LogP contribution in [0.3, 0.4) is 0 Å². The van der Waals surface area contributed by atoms with Gasteiger partial charge in [-0.15, -0.1) is 0 Å². The third-order valence-corrected chi connectivity index (χ3v) is 4.97. The van der Waals surface area contributed by atoms with E-state index in [1.165, 1.54) is 11.1 Å². The predicted molar refractivity (Wildman–Crippen MR) is 87.4 cm³/mol. The van der Waals surface area contributed by atoms with Crippen LogP contribution in [0.25, 0.3) is 0 Å². The van der Waals surface area contributed by atoms with Crippen LogP contribution < -0.4 is 4.90 Å². The number of aromatic nitrogens is 1. The maximum absolute atomic E-state index is 11.6. The first-order valence-corrected chi connectivity index (χ1v) is 7.92. The summed E-state index contributed by atoms with van der Waals surface area (Å²) in [4.78, 5) is 18.4. The normalized spacial score (nSPS) is 18.5. The van der Waals surface area contributed by atoms with Crippen molar-refractivity contribution in [3.8, 4) is 0 Å². The Morgan fingerprint density at radius 2 is 2.00 bits per heavy atom. The van der Waals surface area contributed by atoms with Gasteiger partial charge in [0.15, 0.2) is 0 Å². The second-order valence-electron chi connectivity index (χ2n) is 6.54. The Hall–Kier alpha value is -1.87. The van der Waals surface area contributed by atoms with Crippen molar-refractivity contribution >= 4 is 23.2 Å². The second kappa shape index (κ2) is 4.82. The minimum absolute atomic E-state index is 0.0605. The Morgan fingerprint density at radius 3 is 2.68 bits per heavy atom. The number of carbonyl (C=O) groups is 1. The number of hydrogen-bond acceptors (Lipinski definition) is 3. The van der Waals surface area contributed by atoms with Crippen molar-refractivity contribution in [2.45, 2.75) is 31.7 Å². The maximum atomic E-state index is 11.6. The van der Waals surface area contributed by atoms with Gasteiger partial charge in [-0.05, 0) is 18.6 Å². The van der Waals surface area contributed by atoms with Crippen molar-refractivity contribution in [1.29, 1.82) is 0 Å². The van der Waals surface area contributed by atoms with Crippen LogP contribution in [-0.4, -0.2) is 17.3 Å². The molecule has 1 aliphatic heterocycles. The lowest BCUT2D eigenvalue weighted by Gasteiger charge is -2.37. The number of Topliss-reactive ketones (excluding diaryl/α,β-unsaturated/α-hetero) is 1. The first kappa shape index (κ1) is 13.8. The second-order valence-corrected chi connectivity index (χ2v) is 6.98. The van der Waals surface area contributed by atoms with Gasteiger partial charge in [-0.1, -0.05) is 41.4 Å². The van der Waals surface area contributed by atoms with Crippen molar-refractivity contribution < 1.29 is 4.79 Å². The van der Waals surface area contributed by atoms with Crippen LogP contribution in [0.2, 0.25) is 5.02 Å². The first-order chi connectivity index (χ1) is 10.6. The summed E-state index contributed by atoms with van der Waals surface area (Å²) in [5, 5.41) is 0.648. The van der Waals surface area contributed by atoms with Crippen molar-refractivity contribution in [1.82, 2.24) is 4.98 Å². The summed E-state index contributed by atoms with van der Waals surface area (Å²) in [5.74, 6) is 1.32. The molecular formula is C18H17ClN2O. The lowest BCUT2D eigenvalue weighted by molar-refractivity contribution is -0.127. The summed E-state index contributed by atoms with van der Waals surface area (Å²) in [5.41, 5.74) is 3.61. The number of rotatable bonds is 2. The summed E-state index contributed by atoms with van der Waals surface area (Å²) in [6.07, 6.45) is 2.93. The highest BCUT2D eigenvalue weighted by molar-refractivity contribution is 6.30. The fourth-order valence-corrected chi connectivity index (χ4v) is 3.81. The molecule has 0 unspecified atom stereocenters. The number of fused-ring (bicyclic) bond motifs is 2. The highest BCUT2D eigenvalue weighted by Gasteiger charge is 2.52. The third-order valence-electron chi connectivity index (χ3n) is 4.76. The smallest absolute Gasteiger partial charge is 0.134 e. The zero-order chi connectivity index (χ0) is 15.3. The van der Waals surface area contributed by atoms with Crippen molar-refractivity contribution in [3.63, 3.8) is 0 Å². The van der Waals surface area contributed by atoms with Crippen LogP contribution in [0.5, 0.6) is 0 Å². The number of nitrogens with zero attached hydrogens (tertiary/aromatic N) is 2. The molecule has 1 fully saturated rings. The number of pyridine rings is 1. The van der Waals surface area contributed by atoms with E-state index in [0.717, 1.165) is 24.5 Å². The highest BCUT2D eigenvalue weighted by atomic mass is 35.5. The molecule has 22 heavy (non-hydrogen) atoms. The lowest BCUT2D eigenvalue weighted by atomic mass is 9.65. The van der Waals surface area contributed by atoms with Gasteiger partial charge in [0, 0.05) is 43.1 Å². The quantitative estimate of drug-likeness (QED) is 0.848. The number of benzene rings is 1. The van der Waals surface area contributed by atoms with E-state index in [1.807, 2.05) is 6.07 Å². The van der Waals surface area contributed by atoms with E-state index >= 15 is 0 Å². The minimum Gasteiger partial charge on any atom is -0.351 e. The number of hydrogen-bond donors (Lipinski definition) is 0. The van der Waals surface area contributed by atoms with Gasteiger partial charge in [0.25, 0.3) is 0 Å². The van der Waals surface area contributed by atoms with Crippen LogP contribution in [0.1, 0.15) is 29.5 Å². The Kier molecular flexibility index (Phi) is 3.01. The molecule has 2 aliphatic rings. The molecule has 112 valence electrons. The van der Waals surface area contributed by atoms with Crippen molar-refractivity contribution in [2.24, 2.45) is 0 Å². The molecule has 0 amide bonds. The van der Waals surface area contributed by atoms with Crippen LogP contribution in [0, 0.1) is 6.92 Å². The summed E-state index contributed by atoms with van der Waals surface area (Å²) < 4.78 is 0. The van der Waals surface area contributed by atoms with Crippen LogP contribution in [-0.2, 0) is 16.8 Å². The largest absolute Gasteiger partial charge is 0.351 e. The number of carbonyl (C=O) groups excluding carboxylic acids is 1. The topological polar surface area (TPSA) is 33.2 Å². The van der Waals surface area contributed by atoms with Gasteiger partial charge in [-0.2, -0.15) is 0 Å². The molecule has 0 N–H and O–H groups in total. The Labute approximate surface area is 134 Å². The number of aryl methyl sites for hydroxylation is 1. The van der Waals surface area contributed by atoms with Crippen LogP contribution in [0.4, 0.5) is 5.82 Å². The minimum atomic E-state index is -0.0605. The van der Waals surface area contributed by atoms with E-state index in [2.05, 4.69) is 41.1 Å². The van der Waals surface area contributed by atoms with Gasteiger partial charge >= 0.3 is 0 Å². The molecule has 2 heterocycles. The van der Waals surface area contributed by atoms with Gasteiger partial charge < -0.3 is 4.90 Å². The average Bonchev–Trinajstić information content (AvgIpc) is 2.75. The predicted octanol–water partition coefficient (Wildman–Crippen LogP) is 3.66. The Morgan fingerprint density at radius 1 is 1.27 bits per heavy atom. The molecule has 3 nitrogen and oxygen atoms in total. The number of anilines is 1. The van der Waals surface area contributed by atoms with E-state index in [4.69, 9.17) is 11.6 Å². The lowest BCUT2D eigenvalue weighted by Crippen LogP contribution is -2.45. The Bertz CT molecular complexity index is 746. The van der Waals surface area contributed by atoms with Gasteiger partial charge in [0.2, 0.25) is 0 Å².